The largest absolute Gasteiger partial charge is 0.486 e. The number of hydrogen-bond donors (Lipinski definition) is 0. The van der Waals surface area contributed by atoms with Crippen LogP contribution >= 0.6 is 11.3 Å². The molecule has 3 heteroatoms. The van der Waals surface area contributed by atoms with Crippen molar-refractivity contribution in [3.05, 3.63) is 34.5 Å². The standard InChI is InChI=1S/C14H17NOS/c1-8-6-9(2)12(10(3)7-8)13-15-11(4)14(16-5)17-13/h6-7H,1-5H3. The third kappa shape index (κ3) is 2.20. The SMILES string of the molecule is COc1sc(-c2c(C)cc(C)cc2C)nc1C. The van der Waals surface area contributed by atoms with Crippen LogP contribution < -0.4 is 4.74 Å². The highest BCUT2D eigenvalue weighted by Gasteiger charge is 2.13. The zero-order chi connectivity index (χ0) is 12.6. The van der Waals surface area contributed by atoms with Crippen LogP contribution in [0.4, 0.5) is 0 Å². The number of methoxy groups -OCH3 is 1. The van der Waals surface area contributed by atoms with Gasteiger partial charge in [0.2, 0.25) is 0 Å². The number of aromatic nitrogens is 1. The van der Waals surface area contributed by atoms with Gasteiger partial charge in [-0.3, -0.25) is 0 Å². The highest BCUT2D eigenvalue weighted by atomic mass is 32.1. The molecule has 0 N–H and O–H groups in total. The molecule has 0 aliphatic carbocycles. The lowest BCUT2D eigenvalue weighted by atomic mass is 10.0. The average Bonchev–Trinajstić information content (AvgIpc) is 2.57. The molecule has 1 aromatic carbocycles. The van der Waals surface area contributed by atoms with Crippen LogP contribution in [-0.2, 0) is 0 Å². The van der Waals surface area contributed by atoms with Gasteiger partial charge in [0.25, 0.3) is 0 Å². The molecular weight excluding hydrogens is 230 g/mol. The van der Waals surface area contributed by atoms with Gasteiger partial charge < -0.3 is 4.74 Å². The van der Waals surface area contributed by atoms with Crippen molar-refractivity contribution < 1.29 is 4.74 Å². The zero-order valence-electron chi connectivity index (χ0n) is 10.9. The number of thiazole rings is 1. The second kappa shape index (κ2) is 4.49. The first kappa shape index (κ1) is 12.1. The van der Waals surface area contributed by atoms with Crippen molar-refractivity contribution in [1.29, 1.82) is 0 Å². The van der Waals surface area contributed by atoms with E-state index >= 15 is 0 Å². The molecular formula is C14H17NOS. The maximum absolute atomic E-state index is 5.31. The molecule has 0 aliphatic heterocycles. The second-order valence-electron chi connectivity index (χ2n) is 4.37. The molecule has 0 unspecified atom stereocenters. The Kier molecular flexibility index (Phi) is 3.20. The lowest BCUT2D eigenvalue weighted by Gasteiger charge is -2.08. The third-order valence-electron chi connectivity index (χ3n) is 2.83. The quantitative estimate of drug-likeness (QED) is 0.798. The molecule has 2 aromatic rings. The minimum absolute atomic E-state index is 0.902. The van der Waals surface area contributed by atoms with Crippen molar-refractivity contribution in [2.24, 2.45) is 0 Å². The van der Waals surface area contributed by atoms with Crippen LogP contribution in [0.5, 0.6) is 5.06 Å². The van der Waals surface area contributed by atoms with E-state index in [-0.39, 0.29) is 0 Å². The van der Waals surface area contributed by atoms with E-state index in [1.807, 2.05) is 6.92 Å². The van der Waals surface area contributed by atoms with E-state index in [1.165, 1.54) is 22.3 Å². The molecule has 0 bridgehead atoms. The summed E-state index contributed by atoms with van der Waals surface area (Å²) in [4.78, 5) is 4.60. The molecule has 0 atom stereocenters. The summed E-state index contributed by atoms with van der Waals surface area (Å²) in [6.07, 6.45) is 0. The van der Waals surface area contributed by atoms with E-state index < -0.39 is 0 Å². The van der Waals surface area contributed by atoms with Crippen molar-refractivity contribution in [2.75, 3.05) is 7.11 Å². The van der Waals surface area contributed by atoms with Gasteiger partial charge in [-0.25, -0.2) is 4.98 Å². The Morgan fingerprint density at radius 2 is 1.65 bits per heavy atom. The number of hydrogen-bond acceptors (Lipinski definition) is 3. The van der Waals surface area contributed by atoms with Gasteiger partial charge in [-0.1, -0.05) is 29.0 Å². The molecule has 0 fully saturated rings. The van der Waals surface area contributed by atoms with Crippen LogP contribution in [0.15, 0.2) is 12.1 Å². The van der Waals surface area contributed by atoms with Gasteiger partial charge in [0, 0.05) is 5.56 Å². The molecule has 1 heterocycles. The fourth-order valence-electron chi connectivity index (χ4n) is 2.20. The number of aryl methyl sites for hydroxylation is 4. The van der Waals surface area contributed by atoms with Gasteiger partial charge in [0.15, 0.2) is 5.06 Å². The average molecular weight is 247 g/mol. The van der Waals surface area contributed by atoms with Gasteiger partial charge in [-0.15, -0.1) is 0 Å². The van der Waals surface area contributed by atoms with Gasteiger partial charge >= 0.3 is 0 Å². The van der Waals surface area contributed by atoms with Gasteiger partial charge in [0.05, 0.1) is 12.8 Å². The molecule has 0 spiro atoms. The Morgan fingerprint density at radius 3 is 2.12 bits per heavy atom. The molecule has 2 rings (SSSR count). The first-order valence-corrected chi connectivity index (χ1v) is 6.44. The minimum atomic E-state index is 0.902. The zero-order valence-corrected chi connectivity index (χ0v) is 11.7. The van der Waals surface area contributed by atoms with Crippen LogP contribution in [-0.4, -0.2) is 12.1 Å². The summed E-state index contributed by atoms with van der Waals surface area (Å²) >= 11 is 1.61. The fourth-order valence-corrected chi connectivity index (χ4v) is 3.26. The first-order chi connectivity index (χ1) is 8.02. The first-order valence-electron chi connectivity index (χ1n) is 5.62. The fraction of sp³-hybridized carbons (Fsp3) is 0.357. The van der Waals surface area contributed by atoms with E-state index in [0.29, 0.717) is 0 Å². The molecule has 0 aliphatic rings. The second-order valence-corrected chi connectivity index (χ2v) is 5.33. The Bertz CT molecular complexity index is 534. The third-order valence-corrected chi connectivity index (χ3v) is 3.97. The lowest BCUT2D eigenvalue weighted by Crippen LogP contribution is -1.89. The van der Waals surface area contributed by atoms with Crippen molar-refractivity contribution in [3.63, 3.8) is 0 Å². The Balaban J connectivity index is 2.60. The molecule has 90 valence electrons. The van der Waals surface area contributed by atoms with Crippen molar-refractivity contribution >= 4 is 11.3 Å². The summed E-state index contributed by atoms with van der Waals surface area (Å²) in [6, 6.07) is 4.40. The van der Waals surface area contributed by atoms with Crippen molar-refractivity contribution in [2.45, 2.75) is 27.7 Å². The summed E-state index contributed by atoms with van der Waals surface area (Å²) in [5.74, 6) is 0. The maximum Gasteiger partial charge on any atom is 0.197 e. The summed E-state index contributed by atoms with van der Waals surface area (Å²) in [5, 5.41) is 1.95. The van der Waals surface area contributed by atoms with E-state index in [4.69, 9.17) is 4.74 Å². The normalized spacial score (nSPS) is 10.6. The highest BCUT2D eigenvalue weighted by Crippen LogP contribution is 2.36. The van der Waals surface area contributed by atoms with Crippen LogP contribution in [0, 0.1) is 27.7 Å². The van der Waals surface area contributed by atoms with E-state index in [9.17, 15) is 0 Å². The summed E-state index contributed by atoms with van der Waals surface area (Å²) < 4.78 is 5.31. The number of nitrogens with zero attached hydrogens (tertiary/aromatic N) is 1. The maximum atomic E-state index is 5.31. The smallest absolute Gasteiger partial charge is 0.197 e. The molecule has 0 saturated carbocycles. The molecule has 2 nitrogen and oxygen atoms in total. The molecule has 0 amide bonds. The van der Waals surface area contributed by atoms with Crippen molar-refractivity contribution in [1.82, 2.24) is 4.98 Å². The monoisotopic (exact) mass is 247 g/mol. The van der Waals surface area contributed by atoms with E-state index in [2.05, 4.69) is 37.9 Å². The minimum Gasteiger partial charge on any atom is -0.486 e. The molecule has 1 aromatic heterocycles. The Labute approximate surface area is 106 Å². The number of rotatable bonds is 2. The predicted octanol–water partition coefficient (Wildman–Crippen LogP) is 4.05. The highest BCUT2D eigenvalue weighted by molar-refractivity contribution is 7.17. The molecule has 0 saturated heterocycles. The van der Waals surface area contributed by atoms with Gasteiger partial charge in [0.1, 0.15) is 5.01 Å². The lowest BCUT2D eigenvalue weighted by molar-refractivity contribution is 0.423. The van der Waals surface area contributed by atoms with Gasteiger partial charge in [-0.2, -0.15) is 0 Å². The van der Waals surface area contributed by atoms with Crippen molar-refractivity contribution in [3.8, 4) is 15.6 Å². The molecule has 17 heavy (non-hydrogen) atoms. The Hall–Kier alpha value is -1.35. The Morgan fingerprint density at radius 1 is 1.06 bits per heavy atom. The van der Waals surface area contributed by atoms with Crippen LogP contribution in [0.1, 0.15) is 22.4 Å². The van der Waals surface area contributed by atoms with Gasteiger partial charge in [-0.05, 0) is 38.8 Å². The predicted molar refractivity (Wildman–Crippen MR) is 73.1 cm³/mol. The summed E-state index contributed by atoms with van der Waals surface area (Å²) in [7, 11) is 1.69. The van der Waals surface area contributed by atoms with Crippen LogP contribution in [0.2, 0.25) is 0 Å². The van der Waals surface area contributed by atoms with Crippen LogP contribution in [0.3, 0.4) is 0 Å². The topological polar surface area (TPSA) is 22.1 Å². The number of benzene rings is 1. The van der Waals surface area contributed by atoms with E-state index in [1.54, 1.807) is 18.4 Å². The van der Waals surface area contributed by atoms with Crippen LogP contribution in [0.25, 0.3) is 10.6 Å². The molecule has 0 radical (unpaired) electrons. The summed E-state index contributed by atoms with van der Waals surface area (Å²) in [6.45, 7) is 8.38. The number of ether oxygens (including phenoxy) is 1. The summed E-state index contributed by atoms with van der Waals surface area (Å²) in [5.41, 5.74) is 6.06. The van der Waals surface area contributed by atoms with E-state index in [0.717, 1.165) is 15.8 Å².